The molecular formula is C44H50BrKN4O7. The summed E-state index contributed by atoms with van der Waals surface area (Å²) >= 11 is 3.24. The first-order chi connectivity index (χ1) is 26.7. The Kier molecular flexibility index (Phi) is 25.1. The number of carbonyl (C=O) groups is 2. The maximum absolute atomic E-state index is 12.8. The zero-order valence-corrected chi connectivity index (χ0v) is 38.6. The zero-order valence-electron chi connectivity index (χ0n) is 33.9. The topological polar surface area (TPSA) is 139 Å². The minimum Gasteiger partial charge on any atom is -0.850 e. The predicted octanol–water partition coefficient (Wildman–Crippen LogP) is 6.19. The molecule has 0 N–H and O–H groups in total. The number of nitrogens with zero attached hydrogens (tertiary/aromatic N) is 4. The third kappa shape index (κ3) is 15.8. The summed E-state index contributed by atoms with van der Waals surface area (Å²) in [4.78, 5) is 35.6. The molecule has 1 fully saturated rings. The van der Waals surface area contributed by atoms with Gasteiger partial charge in [0.25, 0.3) is 5.70 Å². The molecule has 0 amide bonds. The molecule has 2 aliphatic rings. The average Bonchev–Trinajstić information content (AvgIpc) is 3.91. The average molecular weight is 866 g/mol. The smallest absolute Gasteiger partial charge is 0.850 e. The number of carbonyl (C=O) groups excluding carboxylic acids is 2. The number of terminal acetylenes is 2. The quantitative estimate of drug-likeness (QED) is 0.0524. The molecule has 11 nitrogen and oxygen atoms in total. The second-order valence-corrected chi connectivity index (χ2v) is 14.3. The molecule has 0 aliphatic heterocycles. The molecule has 2 unspecified atom stereocenters. The number of allylic oxidation sites excluding steroid dienone is 2. The Balaban J connectivity index is 0.000000856. The summed E-state index contributed by atoms with van der Waals surface area (Å²) in [7, 11) is 0. The van der Waals surface area contributed by atoms with Crippen molar-refractivity contribution < 1.29 is 84.4 Å². The summed E-state index contributed by atoms with van der Waals surface area (Å²) in [5.41, 5.74) is -3.38. The minimum absolute atomic E-state index is 0. The SMILES string of the molecule is BrCc1ccco1.CC(C)(C)[O-].[C-]#[N+]/C(C#N)=C1\CCCCC1(CC#C)C(=O)OCC.[C-]#[N+]C(Cc1ccco1)([N+]#[C-])C1=CCCCC1(CC#C)C(=O)OCC.[K+]. The van der Waals surface area contributed by atoms with E-state index < -0.39 is 34.0 Å². The van der Waals surface area contributed by atoms with E-state index in [9.17, 15) is 14.7 Å². The van der Waals surface area contributed by atoms with Crippen LogP contribution in [0.3, 0.4) is 0 Å². The van der Waals surface area contributed by atoms with Crippen LogP contribution in [0.25, 0.3) is 14.5 Å². The molecule has 2 atom stereocenters. The van der Waals surface area contributed by atoms with Gasteiger partial charge in [-0.25, -0.2) is 32.9 Å². The molecule has 2 aliphatic carbocycles. The fourth-order valence-corrected chi connectivity index (χ4v) is 6.68. The van der Waals surface area contributed by atoms with Crippen molar-refractivity contribution in [2.45, 2.75) is 115 Å². The molecular weight excluding hydrogens is 816 g/mol. The molecule has 0 aromatic carbocycles. The van der Waals surface area contributed by atoms with Gasteiger partial charge in [-0.3, -0.25) is 9.59 Å². The summed E-state index contributed by atoms with van der Waals surface area (Å²) in [6.07, 6.45) is 21.1. The maximum atomic E-state index is 12.8. The van der Waals surface area contributed by atoms with E-state index >= 15 is 0 Å². The Morgan fingerprint density at radius 1 is 0.930 bits per heavy atom. The van der Waals surface area contributed by atoms with Crippen molar-refractivity contribution in [3.05, 3.63) is 105 Å². The molecule has 0 spiro atoms. The van der Waals surface area contributed by atoms with Gasteiger partial charge in [0.2, 0.25) is 0 Å². The second-order valence-electron chi connectivity index (χ2n) is 13.8. The van der Waals surface area contributed by atoms with Gasteiger partial charge in [0.05, 0.1) is 49.1 Å². The monoisotopic (exact) mass is 864 g/mol. The number of furan rings is 2. The summed E-state index contributed by atoms with van der Waals surface area (Å²) < 4.78 is 20.7. The number of hydrogen-bond donors (Lipinski definition) is 0. The van der Waals surface area contributed by atoms with E-state index in [1.807, 2.05) is 24.3 Å². The van der Waals surface area contributed by atoms with E-state index in [1.54, 1.807) is 53.0 Å². The first kappa shape index (κ1) is 53.1. The molecule has 1 saturated carbocycles. The molecule has 296 valence electrons. The largest absolute Gasteiger partial charge is 1.00 e. The molecule has 2 aromatic heterocycles. The number of halogens is 1. The van der Waals surface area contributed by atoms with Crippen LogP contribution in [-0.4, -0.2) is 36.4 Å². The van der Waals surface area contributed by atoms with Crippen molar-refractivity contribution in [1.82, 2.24) is 0 Å². The Morgan fingerprint density at radius 3 is 1.86 bits per heavy atom. The van der Waals surface area contributed by atoms with Crippen LogP contribution in [0.5, 0.6) is 0 Å². The van der Waals surface area contributed by atoms with E-state index in [1.165, 1.54) is 6.26 Å². The van der Waals surface area contributed by atoms with Gasteiger partial charge in [0, 0.05) is 12.8 Å². The summed E-state index contributed by atoms with van der Waals surface area (Å²) in [5.74, 6) is 5.70. The molecule has 2 aromatic rings. The van der Waals surface area contributed by atoms with E-state index in [2.05, 4.69) is 42.3 Å². The van der Waals surface area contributed by atoms with Gasteiger partial charge in [-0.1, -0.05) is 55.6 Å². The first-order valence-corrected chi connectivity index (χ1v) is 19.3. The van der Waals surface area contributed by atoms with Gasteiger partial charge >= 0.3 is 69.0 Å². The number of ether oxygens (including phenoxy) is 2. The van der Waals surface area contributed by atoms with Crippen molar-refractivity contribution in [3.8, 4) is 30.8 Å². The number of esters is 2. The van der Waals surface area contributed by atoms with Crippen molar-refractivity contribution >= 4 is 27.9 Å². The van der Waals surface area contributed by atoms with Crippen LogP contribution >= 0.6 is 15.9 Å². The summed E-state index contributed by atoms with van der Waals surface area (Å²) in [6, 6.07) is 9.11. The van der Waals surface area contributed by atoms with E-state index in [4.69, 9.17) is 56.1 Å². The molecule has 4 rings (SSSR count). The molecule has 0 bridgehead atoms. The van der Waals surface area contributed by atoms with E-state index in [0.29, 0.717) is 42.6 Å². The normalized spacial score (nSPS) is 19.1. The Morgan fingerprint density at radius 2 is 1.44 bits per heavy atom. The Hall–Kier alpha value is -3.86. The van der Waals surface area contributed by atoms with Crippen LogP contribution < -0.4 is 56.5 Å². The first-order valence-electron chi connectivity index (χ1n) is 18.2. The number of hydrogen-bond acceptors (Lipinski definition) is 8. The molecule has 0 saturated heterocycles. The second kappa shape index (κ2) is 26.9. The van der Waals surface area contributed by atoms with Crippen LogP contribution in [-0.2, 0) is 30.8 Å². The zero-order chi connectivity index (χ0) is 42.3. The van der Waals surface area contributed by atoms with Gasteiger partial charge in [-0.05, 0) is 75.8 Å². The molecule has 57 heavy (non-hydrogen) atoms. The third-order valence-electron chi connectivity index (χ3n) is 8.69. The van der Waals surface area contributed by atoms with Crippen LogP contribution in [0, 0.1) is 66.6 Å². The van der Waals surface area contributed by atoms with Crippen molar-refractivity contribution in [2.24, 2.45) is 10.8 Å². The number of rotatable bonds is 10. The fourth-order valence-electron chi connectivity index (χ4n) is 6.36. The Bertz CT molecular complexity index is 1850. The fraction of sp³-hybridized carbons (Fsp3) is 0.500. The predicted molar refractivity (Wildman–Crippen MR) is 214 cm³/mol. The maximum Gasteiger partial charge on any atom is 1.00 e. The summed E-state index contributed by atoms with van der Waals surface area (Å²) in [5, 5.41) is 20.0. The van der Waals surface area contributed by atoms with E-state index in [0.717, 1.165) is 30.4 Å². The summed E-state index contributed by atoms with van der Waals surface area (Å²) in [6.45, 7) is 31.4. The third-order valence-corrected chi connectivity index (χ3v) is 9.24. The van der Waals surface area contributed by atoms with Crippen LogP contribution in [0.2, 0.25) is 0 Å². The van der Waals surface area contributed by atoms with Gasteiger partial charge in [-0.2, -0.15) is 0 Å². The number of alkyl halides is 1. The van der Waals surface area contributed by atoms with Gasteiger partial charge in [0.1, 0.15) is 22.5 Å². The van der Waals surface area contributed by atoms with E-state index in [-0.39, 0.29) is 89.6 Å². The van der Waals surface area contributed by atoms with Crippen LogP contribution in [0.4, 0.5) is 0 Å². The molecule has 0 radical (unpaired) electrons. The van der Waals surface area contributed by atoms with Crippen LogP contribution in [0.1, 0.15) is 104 Å². The molecule has 2 heterocycles. The number of nitriles is 1. The van der Waals surface area contributed by atoms with Crippen LogP contribution in [0.15, 0.2) is 68.5 Å². The Labute approximate surface area is 389 Å². The van der Waals surface area contributed by atoms with Crippen molar-refractivity contribution in [2.75, 3.05) is 13.2 Å². The van der Waals surface area contributed by atoms with Gasteiger partial charge in [-0.15, -0.1) is 30.3 Å². The van der Waals surface area contributed by atoms with Gasteiger partial charge < -0.3 is 23.4 Å². The minimum atomic E-state index is -1.55. The van der Waals surface area contributed by atoms with Gasteiger partial charge in [0.15, 0.2) is 6.42 Å². The standard InChI is InChI=1S/C20H20N2O3.C15H16N2O2.C5H5BrO.C4H9O.K/c1-5-12-19(18(23)24-6-2)13-8-7-11-17(19)20(21-3,22-4)15-16-10-9-14-25-16;1-4-9-15(14(18)19-5-2)10-7-6-8-12(15)13(11-16)17-3;6-4-5-2-1-3-7-5;1-4(2,3)5;/h1,9-11,14H,6-8,12-13,15H2,2H3;1H,5-10H2,2H3;1-3H,4H2;1-3H3;/q;;;-1;+1/b;13-12+;;;. The molecule has 13 heteroatoms. The van der Waals surface area contributed by atoms with Crippen molar-refractivity contribution in [3.63, 3.8) is 0 Å². The van der Waals surface area contributed by atoms with Crippen molar-refractivity contribution in [1.29, 1.82) is 5.26 Å².